The maximum atomic E-state index is 12.7. The highest BCUT2D eigenvalue weighted by Gasteiger charge is 2.31. The quantitative estimate of drug-likeness (QED) is 0.526. The van der Waals surface area contributed by atoms with Gasteiger partial charge in [0.2, 0.25) is 5.91 Å². The number of rotatable bonds is 7. The molecule has 3 N–H and O–H groups in total. The number of amides is 4. The van der Waals surface area contributed by atoms with E-state index in [0.29, 0.717) is 30.8 Å². The minimum atomic E-state index is -1.07. The Kier molecular flexibility index (Phi) is 8.83. The zero-order valence-electron chi connectivity index (χ0n) is 20.3. The van der Waals surface area contributed by atoms with Crippen molar-refractivity contribution in [1.29, 1.82) is 0 Å². The predicted octanol–water partition coefficient (Wildman–Crippen LogP) is 3.23. The van der Waals surface area contributed by atoms with Crippen molar-refractivity contribution in [3.05, 3.63) is 59.7 Å². The summed E-state index contributed by atoms with van der Waals surface area (Å²) in [5, 5.41) is 8.11. The van der Waals surface area contributed by atoms with E-state index in [2.05, 4.69) is 16.0 Å². The summed E-state index contributed by atoms with van der Waals surface area (Å²) in [6, 6.07) is 14.5. The molecule has 35 heavy (non-hydrogen) atoms. The molecule has 2 aromatic rings. The highest BCUT2D eigenvalue weighted by Crippen LogP contribution is 2.20. The highest BCUT2D eigenvalue weighted by molar-refractivity contribution is 5.96. The van der Waals surface area contributed by atoms with Crippen molar-refractivity contribution in [2.75, 3.05) is 30.3 Å². The van der Waals surface area contributed by atoms with E-state index in [4.69, 9.17) is 4.74 Å². The number of urea groups is 1. The van der Waals surface area contributed by atoms with Gasteiger partial charge in [-0.2, -0.15) is 0 Å². The van der Waals surface area contributed by atoms with Gasteiger partial charge in [-0.1, -0.05) is 36.4 Å². The van der Waals surface area contributed by atoms with E-state index in [1.54, 1.807) is 17.0 Å². The third-order valence-corrected chi connectivity index (χ3v) is 5.90. The lowest BCUT2D eigenvalue weighted by Crippen LogP contribution is -2.46. The monoisotopic (exact) mass is 480 g/mol. The second-order valence-corrected chi connectivity index (χ2v) is 8.69. The molecule has 2 unspecified atom stereocenters. The molecular weight excluding hydrogens is 448 g/mol. The Morgan fingerprint density at radius 1 is 1.00 bits per heavy atom. The maximum Gasteiger partial charge on any atom is 0.321 e. The van der Waals surface area contributed by atoms with Crippen LogP contribution in [0.1, 0.15) is 30.9 Å². The van der Waals surface area contributed by atoms with Crippen LogP contribution in [0.2, 0.25) is 0 Å². The van der Waals surface area contributed by atoms with Gasteiger partial charge in [0.05, 0.1) is 12.5 Å². The summed E-state index contributed by atoms with van der Waals surface area (Å²) in [5.41, 5.74) is 3.23. The number of hydrogen-bond acceptors (Lipinski definition) is 5. The second kappa shape index (κ2) is 12.0. The molecule has 9 heteroatoms. The van der Waals surface area contributed by atoms with Gasteiger partial charge in [0, 0.05) is 24.5 Å². The van der Waals surface area contributed by atoms with Crippen LogP contribution < -0.4 is 16.0 Å². The van der Waals surface area contributed by atoms with E-state index < -0.39 is 23.9 Å². The Hall–Kier alpha value is -3.88. The summed E-state index contributed by atoms with van der Waals surface area (Å²) in [4.78, 5) is 51.4. The Balaban J connectivity index is 1.45. The zero-order chi connectivity index (χ0) is 25.4. The number of nitrogens with zero attached hydrogens (tertiary/aromatic N) is 1. The van der Waals surface area contributed by atoms with Crippen LogP contribution in [-0.4, -0.2) is 54.5 Å². The molecular formula is C26H32N4O5. The molecule has 0 spiro atoms. The minimum Gasteiger partial charge on any atom is -0.452 e. The Morgan fingerprint density at radius 3 is 2.37 bits per heavy atom. The van der Waals surface area contributed by atoms with Gasteiger partial charge in [0.25, 0.3) is 5.91 Å². The van der Waals surface area contributed by atoms with Crippen molar-refractivity contribution >= 4 is 35.2 Å². The van der Waals surface area contributed by atoms with Crippen LogP contribution in [-0.2, 0) is 19.1 Å². The van der Waals surface area contributed by atoms with Crippen LogP contribution in [0.25, 0.3) is 0 Å². The standard InChI is InChI=1S/C26H32N4O5/c1-17-9-7-10-18(2)23(17)29-22(31)15-27-24(32)19(3)35-25(33)20-11-8-14-30(16-20)26(34)28-21-12-5-4-6-13-21/h4-7,9-10,12-13,19-20H,8,11,14-16H2,1-3H3,(H,27,32)(H,28,34)(H,29,31). The average Bonchev–Trinajstić information content (AvgIpc) is 2.85. The number of ether oxygens (including phenoxy) is 1. The van der Waals surface area contributed by atoms with Gasteiger partial charge in [-0.15, -0.1) is 0 Å². The van der Waals surface area contributed by atoms with Gasteiger partial charge >= 0.3 is 12.0 Å². The predicted molar refractivity (Wildman–Crippen MR) is 133 cm³/mol. The van der Waals surface area contributed by atoms with Crippen LogP contribution in [0.5, 0.6) is 0 Å². The maximum absolute atomic E-state index is 12.7. The van der Waals surface area contributed by atoms with Crippen LogP contribution in [0.15, 0.2) is 48.5 Å². The van der Waals surface area contributed by atoms with E-state index in [-0.39, 0.29) is 25.0 Å². The molecule has 1 heterocycles. The lowest BCUT2D eigenvalue weighted by Gasteiger charge is -2.32. The van der Waals surface area contributed by atoms with Gasteiger partial charge in [-0.3, -0.25) is 14.4 Å². The van der Waals surface area contributed by atoms with Crippen LogP contribution in [0.4, 0.5) is 16.2 Å². The fraction of sp³-hybridized carbons (Fsp3) is 0.385. The summed E-state index contributed by atoms with van der Waals surface area (Å²) < 4.78 is 5.35. The molecule has 186 valence electrons. The van der Waals surface area contributed by atoms with Crippen LogP contribution in [0.3, 0.4) is 0 Å². The van der Waals surface area contributed by atoms with Crippen molar-refractivity contribution in [2.45, 2.75) is 39.7 Å². The molecule has 0 saturated carbocycles. The molecule has 2 aromatic carbocycles. The number of carbonyl (C=O) groups excluding carboxylic acids is 4. The number of esters is 1. The van der Waals surface area contributed by atoms with E-state index in [1.807, 2.05) is 50.2 Å². The number of hydrogen-bond donors (Lipinski definition) is 3. The molecule has 0 bridgehead atoms. The first-order valence-electron chi connectivity index (χ1n) is 11.7. The Labute approximate surface area is 205 Å². The van der Waals surface area contributed by atoms with Gasteiger partial charge in [0.1, 0.15) is 0 Å². The zero-order valence-corrected chi connectivity index (χ0v) is 20.3. The number of benzene rings is 2. The normalized spacial score (nSPS) is 16.1. The number of carbonyl (C=O) groups is 4. The van der Waals surface area contributed by atoms with Crippen LogP contribution in [0, 0.1) is 19.8 Å². The van der Waals surface area contributed by atoms with Crippen molar-refractivity contribution in [3.63, 3.8) is 0 Å². The topological polar surface area (TPSA) is 117 Å². The number of para-hydroxylation sites is 2. The minimum absolute atomic E-state index is 0.212. The van der Waals surface area contributed by atoms with E-state index in [1.165, 1.54) is 6.92 Å². The average molecular weight is 481 g/mol. The molecule has 1 saturated heterocycles. The van der Waals surface area contributed by atoms with Crippen LogP contribution >= 0.6 is 0 Å². The lowest BCUT2D eigenvalue weighted by molar-refractivity contribution is -0.160. The number of likely N-dealkylation sites (tertiary alicyclic amines) is 1. The molecule has 9 nitrogen and oxygen atoms in total. The molecule has 0 aromatic heterocycles. The largest absolute Gasteiger partial charge is 0.452 e. The van der Waals surface area contributed by atoms with E-state index >= 15 is 0 Å². The molecule has 2 atom stereocenters. The summed E-state index contributed by atoms with van der Waals surface area (Å²) >= 11 is 0. The third kappa shape index (κ3) is 7.30. The fourth-order valence-electron chi connectivity index (χ4n) is 3.91. The van der Waals surface area contributed by atoms with Gasteiger partial charge < -0.3 is 25.6 Å². The van der Waals surface area contributed by atoms with E-state index in [9.17, 15) is 19.2 Å². The highest BCUT2D eigenvalue weighted by atomic mass is 16.5. The second-order valence-electron chi connectivity index (χ2n) is 8.69. The smallest absolute Gasteiger partial charge is 0.321 e. The summed E-state index contributed by atoms with van der Waals surface area (Å²) in [6.07, 6.45) is 0.158. The first kappa shape index (κ1) is 25.7. The first-order chi connectivity index (χ1) is 16.7. The number of nitrogens with one attached hydrogen (secondary N) is 3. The summed E-state index contributed by atoms with van der Waals surface area (Å²) in [7, 11) is 0. The van der Waals surface area contributed by atoms with E-state index in [0.717, 1.165) is 11.1 Å². The number of anilines is 2. The molecule has 3 rings (SSSR count). The Morgan fingerprint density at radius 2 is 1.69 bits per heavy atom. The SMILES string of the molecule is Cc1cccc(C)c1NC(=O)CNC(=O)C(C)OC(=O)C1CCCN(C(=O)Nc2ccccc2)C1. The molecule has 1 fully saturated rings. The number of aryl methyl sites for hydroxylation is 2. The lowest BCUT2D eigenvalue weighted by atomic mass is 9.98. The van der Waals surface area contributed by atoms with Crippen molar-refractivity contribution in [1.82, 2.24) is 10.2 Å². The van der Waals surface area contributed by atoms with Crippen molar-refractivity contribution in [3.8, 4) is 0 Å². The fourth-order valence-corrected chi connectivity index (χ4v) is 3.91. The van der Waals surface area contributed by atoms with Gasteiger partial charge in [-0.05, 0) is 56.9 Å². The molecule has 1 aliphatic heterocycles. The summed E-state index contributed by atoms with van der Waals surface area (Å²) in [6.45, 7) is 5.74. The van der Waals surface area contributed by atoms with Gasteiger partial charge in [-0.25, -0.2) is 4.79 Å². The molecule has 4 amide bonds. The molecule has 0 radical (unpaired) electrons. The summed E-state index contributed by atoms with van der Waals surface area (Å²) in [5.74, 6) is -2.00. The molecule has 1 aliphatic rings. The molecule has 0 aliphatic carbocycles. The van der Waals surface area contributed by atoms with Crippen molar-refractivity contribution < 1.29 is 23.9 Å². The number of piperidine rings is 1. The third-order valence-electron chi connectivity index (χ3n) is 5.90. The van der Waals surface area contributed by atoms with Crippen molar-refractivity contribution in [2.24, 2.45) is 5.92 Å². The Bertz CT molecular complexity index is 1050. The first-order valence-corrected chi connectivity index (χ1v) is 11.7. The van der Waals surface area contributed by atoms with Gasteiger partial charge in [0.15, 0.2) is 6.10 Å².